The van der Waals surface area contributed by atoms with Crippen molar-refractivity contribution in [2.75, 3.05) is 19.8 Å². The molecule has 0 radical (unpaired) electrons. The molecule has 1 fully saturated rings. The van der Waals surface area contributed by atoms with E-state index in [9.17, 15) is 15.3 Å². The Morgan fingerprint density at radius 1 is 1.06 bits per heavy atom. The second kappa shape index (κ2) is 6.57. The Morgan fingerprint density at radius 2 is 1.71 bits per heavy atom. The number of hydrogen-bond donors (Lipinski definition) is 6. The Labute approximate surface area is 97.6 Å². The molecule has 8 heteroatoms. The van der Waals surface area contributed by atoms with Crippen molar-refractivity contribution in [2.24, 2.45) is 0 Å². The quantitative estimate of drug-likeness (QED) is 0.293. The second-order valence-electron chi connectivity index (χ2n) is 3.87. The van der Waals surface area contributed by atoms with E-state index in [0.29, 0.717) is 0 Å². The van der Waals surface area contributed by atoms with Crippen molar-refractivity contribution in [1.82, 2.24) is 0 Å². The van der Waals surface area contributed by atoms with Gasteiger partial charge in [0.05, 0.1) is 19.8 Å². The minimum absolute atomic E-state index is 0.306. The summed E-state index contributed by atoms with van der Waals surface area (Å²) in [6.07, 6.45) is -7.94. The maximum absolute atomic E-state index is 9.52. The number of aliphatic hydroxyl groups excluding tert-OH is 6. The van der Waals surface area contributed by atoms with Crippen molar-refractivity contribution in [2.45, 2.75) is 36.8 Å². The van der Waals surface area contributed by atoms with Gasteiger partial charge in [-0.25, -0.2) is 0 Å². The van der Waals surface area contributed by atoms with E-state index in [2.05, 4.69) is 0 Å². The van der Waals surface area contributed by atoms with Gasteiger partial charge in [0, 0.05) is 0 Å². The summed E-state index contributed by atoms with van der Waals surface area (Å²) in [5.74, 6) is 0. The van der Waals surface area contributed by atoms with E-state index in [1.54, 1.807) is 0 Å². The van der Waals surface area contributed by atoms with Crippen LogP contribution in [0.25, 0.3) is 0 Å². The lowest BCUT2D eigenvalue weighted by Gasteiger charge is -2.39. The van der Waals surface area contributed by atoms with Crippen LogP contribution in [0, 0.1) is 0 Å². The molecule has 1 aliphatic rings. The van der Waals surface area contributed by atoms with Crippen molar-refractivity contribution in [3.8, 4) is 0 Å². The molecule has 0 spiro atoms. The molecule has 0 aliphatic carbocycles. The zero-order valence-electron chi connectivity index (χ0n) is 9.09. The first-order valence-electron chi connectivity index (χ1n) is 5.22. The zero-order chi connectivity index (χ0) is 13.0. The summed E-state index contributed by atoms with van der Waals surface area (Å²) in [6, 6.07) is 0. The molecule has 1 unspecified atom stereocenters. The first kappa shape index (κ1) is 14.7. The van der Waals surface area contributed by atoms with Gasteiger partial charge in [-0.05, 0) is 0 Å². The van der Waals surface area contributed by atoms with Crippen molar-refractivity contribution in [3.05, 3.63) is 0 Å². The van der Waals surface area contributed by atoms with Gasteiger partial charge in [0.15, 0.2) is 6.29 Å². The Kier molecular flexibility index (Phi) is 5.70. The lowest BCUT2D eigenvalue weighted by atomic mass is 9.99. The van der Waals surface area contributed by atoms with E-state index in [1.165, 1.54) is 0 Å². The number of aliphatic hydroxyl groups is 6. The highest BCUT2D eigenvalue weighted by Gasteiger charge is 2.44. The lowest BCUT2D eigenvalue weighted by molar-refractivity contribution is -0.304. The van der Waals surface area contributed by atoms with E-state index in [0.717, 1.165) is 0 Å². The summed E-state index contributed by atoms with van der Waals surface area (Å²) in [4.78, 5) is 0. The largest absolute Gasteiger partial charge is 0.394 e. The third-order valence-electron chi connectivity index (χ3n) is 2.51. The van der Waals surface area contributed by atoms with Gasteiger partial charge in [0.2, 0.25) is 0 Å². The Morgan fingerprint density at radius 3 is 2.24 bits per heavy atom. The molecule has 102 valence electrons. The van der Waals surface area contributed by atoms with Crippen molar-refractivity contribution in [1.29, 1.82) is 0 Å². The van der Waals surface area contributed by atoms with Crippen molar-refractivity contribution in [3.63, 3.8) is 0 Å². The van der Waals surface area contributed by atoms with Crippen molar-refractivity contribution < 1.29 is 40.1 Å². The van der Waals surface area contributed by atoms with Crippen molar-refractivity contribution >= 4 is 0 Å². The average Bonchev–Trinajstić information content (AvgIpc) is 2.34. The third kappa shape index (κ3) is 3.57. The Balaban J connectivity index is 2.53. The fraction of sp³-hybridized carbons (Fsp3) is 1.00. The van der Waals surface area contributed by atoms with Crippen LogP contribution in [0.3, 0.4) is 0 Å². The molecule has 8 nitrogen and oxygen atoms in total. The Bertz CT molecular complexity index is 223. The van der Waals surface area contributed by atoms with E-state index in [-0.39, 0.29) is 6.61 Å². The minimum atomic E-state index is -1.52. The molecule has 1 heterocycles. The molecule has 0 aromatic heterocycles. The fourth-order valence-electron chi connectivity index (χ4n) is 1.46. The molecule has 1 aliphatic heterocycles. The summed E-state index contributed by atoms with van der Waals surface area (Å²) in [6.45, 7) is -1.37. The molecule has 0 bridgehead atoms. The van der Waals surface area contributed by atoms with Crippen LogP contribution in [0.1, 0.15) is 0 Å². The van der Waals surface area contributed by atoms with Crippen LogP contribution in [0.4, 0.5) is 0 Å². The predicted octanol–water partition coefficient (Wildman–Crippen LogP) is -3.84. The van der Waals surface area contributed by atoms with Crippen LogP contribution in [0.5, 0.6) is 0 Å². The van der Waals surface area contributed by atoms with Gasteiger partial charge >= 0.3 is 0 Å². The molecule has 1 rings (SSSR count). The molecular formula is C9H18O8. The maximum Gasteiger partial charge on any atom is 0.186 e. The summed E-state index contributed by atoms with van der Waals surface area (Å²) in [5, 5.41) is 54.9. The SMILES string of the molecule is OC[C@@H](O)COC1O[C@H](CO)[C@H](O)[C@H](O)[C@H]1O. The summed E-state index contributed by atoms with van der Waals surface area (Å²) in [5.41, 5.74) is 0. The Hall–Kier alpha value is -0.320. The standard InChI is InChI=1S/C9H18O8/c10-1-4(12)3-16-9-8(15)7(14)6(13)5(2-11)17-9/h4-15H,1-3H2/t4-,5-,6+,7+,8-,9?/m1/s1. The van der Waals surface area contributed by atoms with E-state index in [4.69, 9.17) is 24.8 Å². The van der Waals surface area contributed by atoms with Gasteiger partial charge in [0.25, 0.3) is 0 Å². The predicted molar refractivity (Wildman–Crippen MR) is 52.8 cm³/mol. The molecule has 0 saturated carbocycles. The second-order valence-corrected chi connectivity index (χ2v) is 3.87. The van der Waals surface area contributed by atoms with Gasteiger partial charge in [-0.15, -0.1) is 0 Å². The molecule has 17 heavy (non-hydrogen) atoms. The first-order chi connectivity index (χ1) is 8.01. The van der Waals surface area contributed by atoms with E-state index in [1.807, 2.05) is 0 Å². The molecule has 6 N–H and O–H groups in total. The highest BCUT2D eigenvalue weighted by molar-refractivity contribution is 4.88. The summed E-state index contributed by atoms with van der Waals surface area (Å²) >= 11 is 0. The van der Waals surface area contributed by atoms with Crippen LogP contribution in [-0.2, 0) is 9.47 Å². The topological polar surface area (TPSA) is 140 Å². The van der Waals surface area contributed by atoms with Gasteiger partial charge in [-0.2, -0.15) is 0 Å². The highest BCUT2D eigenvalue weighted by Crippen LogP contribution is 2.21. The number of hydrogen-bond acceptors (Lipinski definition) is 8. The third-order valence-corrected chi connectivity index (χ3v) is 2.51. The molecule has 0 aromatic carbocycles. The molecule has 6 atom stereocenters. The van der Waals surface area contributed by atoms with Crippen LogP contribution >= 0.6 is 0 Å². The van der Waals surface area contributed by atoms with Crippen LogP contribution < -0.4 is 0 Å². The van der Waals surface area contributed by atoms with Crippen LogP contribution in [0.2, 0.25) is 0 Å². The number of ether oxygens (including phenoxy) is 2. The minimum Gasteiger partial charge on any atom is -0.394 e. The first-order valence-corrected chi connectivity index (χ1v) is 5.22. The summed E-state index contributed by atoms with van der Waals surface area (Å²) < 4.78 is 9.93. The normalized spacial score (nSPS) is 40.2. The van der Waals surface area contributed by atoms with E-state index < -0.39 is 50.0 Å². The average molecular weight is 254 g/mol. The highest BCUT2D eigenvalue weighted by atomic mass is 16.7. The van der Waals surface area contributed by atoms with Crippen LogP contribution in [0.15, 0.2) is 0 Å². The van der Waals surface area contributed by atoms with Crippen LogP contribution in [-0.4, -0.2) is 87.3 Å². The monoisotopic (exact) mass is 254 g/mol. The number of rotatable bonds is 5. The molecule has 0 amide bonds. The maximum atomic E-state index is 9.52. The van der Waals surface area contributed by atoms with Gasteiger partial charge in [-0.1, -0.05) is 0 Å². The zero-order valence-corrected chi connectivity index (χ0v) is 9.09. The molecule has 0 aromatic rings. The lowest BCUT2D eigenvalue weighted by Crippen LogP contribution is -2.59. The smallest absolute Gasteiger partial charge is 0.186 e. The van der Waals surface area contributed by atoms with Gasteiger partial charge in [-0.3, -0.25) is 0 Å². The summed E-state index contributed by atoms with van der Waals surface area (Å²) in [7, 11) is 0. The van der Waals surface area contributed by atoms with E-state index >= 15 is 0 Å². The van der Waals surface area contributed by atoms with Gasteiger partial charge < -0.3 is 40.1 Å². The molecular weight excluding hydrogens is 236 g/mol. The molecule has 1 saturated heterocycles. The fourth-order valence-corrected chi connectivity index (χ4v) is 1.46. The van der Waals surface area contributed by atoms with Gasteiger partial charge in [0.1, 0.15) is 30.5 Å².